The van der Waals surface area contributed by atoms with Crippen LogP contribution in [0.25, 0.3) is 0 Å². The lowest BCUT2D eigenvalue weighted by Crippen LogP contribution is -2.42. The molecule has 0 radical (unpaired) electrons. The summed E-state index contributed by atoms with van der Waals surface area (Å²) in [6, 6.07) is 0. The molecule has 1 N–H and O–H groups in total. The Kier molecular flexibility index (Phi) is 5.51. The summed E-state index contributed by atoms with van der Waals surface area (Å²) >= 11 is 0. The van der Waals surface area contributed by atoms with Crippen LogP contribution < -0.4 is 0 Å². The van der Waals surface area contributed by atoms with E-state index >= 15 is 0 Å². The molecule has 0 rings (SSSR count). The fraction of sp³-hybridized carbons (Fsp3) is 1.00. The van der Waals surface area contributed by atoms with E-state index in [0.29, 0.717) is 12.5 Å². The zero-order chi connectivity index (χ0) is 12.3. The largest absolute Gasteiger partial charge is 0.414 e. The molecule has 0 amide bonds. The molecule has 2 nitrogen and oxygen atoms in total. The predicted octanol–water partition coefficient (Wildman–Crippen LogP) is 3.42. The lowest BCUT2D eigenvalue weighted by atomic mass is 10.1. The van der Waals surface area contributed by atoms with Gasteiger partial charge in [0, 0.05) is 0 Å². The smallest absolute Gasteiger partial charge is 0.192 e. The van der Waals surface area contributed by atoms with Gasteiger partial charge in [-0.1, -0.05) is 34.6 Å². The number of hydrogen-bond acceptors (Lipinski definition) is 2. The Morgan fingerprint density at radius 1 is 1.20 bits per heavy atom. The molecule has 0 saturated carbocycles. The predicted molar refractivity (Wildman–Crippen MR) is 68.6 cm³/mol. The third kappa shape index (κ3) is 5.69. The van der Waals surface area contributed by atoms with Crippen LogP contribution in [0.15, 0.2) is 0 Å². The fourth-order valence-corrected chi connectivity index (χ4v) is 2.18. The highest BCUT2D eigenvalue weighted by Gasteiger charge is 2.37. The van der Waals surface area contributed by atoms with Gasteiger partial charge in [0.25, 0.3) is 0 Å². The van der Waals surface area contributed by atoms with Crippen molar-refractivity contribution in [1.82, 2.24) is 0 Å². The molecule has 0 spiro atoms. The molecule has 15 heavy (non-hydrogen) atoms. The van der Waals surface area contributed by atoms with Crippen molar-refractivity contribution in [2.24, 2.45) is 5.92 Å². The lowest BCUT2D eigenvalue weighted by molar-refractivity contribution is 0.0827. The molecule has 0 fully saturated rings. The Morgan fingerprint density at radius 2 is 1.67 bits per heavy atom. The normalized spacial score (nSPS) is 15.8. The molecule has 3 heteroatoms. The monoisotopic (exact) mass is 232 g/mol. The summed E-state index contributed by atoms with van der Waals surface area (Å²) < 4.78 is 5.95. The molecule has 0 aromatic heterocycles. The molecule has 92 valence electrons. The highest BCUT2D eigenvalue weighted by molar-refractivity contribution is 6.74. The molecule has 0 bridgehead atoms. The number of aliphatic hydroxyl groups is 1. The van der Waals surface area contributed by atoms with Crippen LogP contribution in [0.1, 0.15) is 41.0 Å². The van der Waals surface area contributed by atoms with Gasteiger partial charge in [-0.3, -0.25) is 0 Å². The number of hydrogen-bond donors (Lipinski definition) is 1. The van der Waals surface area contributed by atoms with E-state index in [4.69, 9.17) is 4.43 Å². The molecule has 0 unspecified atom stereocenters. The Morgan fingerprint density at radius 3 is 2.00 bits per heavy atom. The number of rotatable bonds is 5. The minimum absolute atomic E-state index is 0.227. The maximum Gasteiger partial charge on any atom is 0.192 e. The minimum Gasteiger partial charge on any atom is -0.414 e. The molecule has 0 aliphatic rings. The van der Waals surface area contributed by atoms with Crippen LogP contribution in [0.2, 0.25) is 18.1 Å². The second kappa shape index (κ2) is 5.46. The van der Waals surface area contributed by atoms with Crippen molar-refractivity contribution in [2.75, 3.05) is 6.61 Å². The highest BCUT2D eigenvalue weighted by Crippen LogP contribution is 2.36. The van der Waals surface area contributed by atoms with Gasteiger partial charge in [0.15, 0.2) is 8.32 Å². The van der Waals surface area contributed by atoms with Crippen molar-refractivity contribution in [3.8, 4) is 0 Å². The summed E-state index contributed by atoms with van der Waals surface area (Å²) in [5, 5.41) is 9.97. The zero-order valence-electron chi connectivity index (χ0n) is 11.4. The van der Waals surface area contributed by atoms with Crippen LogP contribution in [0, 0.1) is 5.92 Å². The van der Waals surface area contributed by atoms with Crippen molar-refractivity contribution in [3.63, 3.8) is 0 Å². The van der Waals surface area contributed by atoms with Gasteiger partial charge in [0.1, 0.15) is 0 Å². The van der Waals surface area contributed by atoms with Crippen molar-refractivity contribution < 1.29 is 9.53 Å². The van der Waals surface area contributed by atoms with E-state index < -0.39 is 8.32 Å². The molecule has 0 aliphatic carbocycles. The topological polar surface area (TPSA) is 29.5 Å². The van der Waals surface area contributed by atoms with E-state index in [1.807, 2.05) is 0 Å². The average molecular weight is 232 g/mol. The summed E-state index contributed by atoms with van der Waals surface area (Å²) in [7, 11) is -1.68. The first kappa shape index (κ1) is 15.1. The van der Waals surface area contributed by atoms with E-state index in [0.717, 1.165) is 6.42 Å². The quantitative estimate of drug-likeness (QED) is 0.736. The van der Waals surface area contributed by atoms with Gasteiger partial charge < -0.3 is 9.53 Å². The summed E-state index contributed by atoms with van der Waals surface area (Å²) in [5.74, 6) is 0.531. The van der Waals surface area contributed by atoms with Crippen molar-refractivity contribution in [2.45, 2.75) is 65.3 Å². The van der Waals surface area contributed by atoms with Crippen molar-refractivity contribution in [3.05, 3.63) is 0 Å². The summed E-state index contributed by atoms with van der Waals surface area (Å²) in [4.78, 5) is 0. The van der Waals surface area contributed by atoms with Gasteiger partial charge in [-0.25, -0.2) is 0 Å². The van der Waals surface area contributed by atoms with Gasteiger partial charge in [-0.2, -0.15) is 0 Å². The summed E-state index contributed by atoms with van der Waals surface area (Å²) in [6.07, 6.45) is 0.522. The Balaban J connectivity index is 4.04. The van der Waals surface area contributed by atoms with Crippen LogP contribution >= 0.6 is 0 Å². The maximum atomic E-state index is 9.75. The first-order valence-corrected chi connectivity index (χ1v) is 8.79. The SMILES string of the molecule is CC(C)C[C@H](O)CO[Si](C)(C)C(C)(C)C. The average Bonchev–Trinajstić information content (AvgIpc) is 1.97. The first-order chi connectivity index (χ1) is 6.56. The van der Waals surface area contributed by atoms with Crippen LogP contribution in [0.4, 0.5) is 0 Å². The molecule has 0 aliphatic heterocycles. The molecule has 1 atom stereocenters. The van der Waals surface area contributed by atoms with Crippen LogP contribution in [0.3, 0.4) is 0 Å². The van der Waals surface area contributed by atoms with Gasteiger partial charge in [0.2, 0.25) is 0 Å². The van der Waals surface area contributed by atoms with Gasteiger partial charge in [-0.05, 0) is 30.5 Å². The fourth-order valence-electron chi connectivity index (χ4n) is 1.13. The second-order valence-corrected chi connectivity index (χ2v) is 11.2. The molecular formula is C12H28O2Si. The maximum absolute atomic E-state index is 9.75. The first-order valence-electron chi connectivity index (χ1n) is 5.88. The van der Waals surface area contributed by atoms with Gasteiger partial charge >= 0.3 is 0 Å². The summed E-state index contributed by atoms with van der Waals surface area (Å²) in [5.41, 5.74) is 0. The van der Waals surface area contributed by atoms with E-state index in [-0.39, 0.29) is 11.1 Å². The summed E-state index contributed by atoms with van der Waals surface area (Å²) in [6.45, 7) is 15.8. The van der Waals surface area contributed by atoms with E-state index in [2.05, 4.69) is 47.7 Å². The highest BCUT2D eigenvalue weighted by atomic mass is 28.4. The van der Waals surface area contributed by atoms with E-state index in [1.54, 1.807) is 0 Å². The minimum atomic E-state index is -1.68. The Hall–Kier alpha value is 0.137. The Bertz CT molecular complexity index is 183. The Labute approximate surface area is 96.2 Å². The molecule has 0 saturated heterocycles. The standard InChI is InChI=1S/C12H28O2Si/c1-10(2)8-11(13)9-14-15(6,7)12(3,4)5/h10-11,13H,8-9H2,1-7H3/t11-/m0/s1. The van der Waals surface area contributed by atoms with E-state index in [9.17, 15) is 5.11 Å². The van der Waals surface area contributed by atoms with Crippen LogP contribution in [0.5, 0.6) is 0 Å². The van der Waals surface area contributed by atoms with Crippen LogP contribution in [-0.2, 0) is 4.43 Å². The second-order valence-electron chi connectivity index (χ2n) is 6.35. The van der Waals surface area contributed by atoms with Crippen LogP contribution in [-0.4, -0.2) is 26.1 Å². The van der Waals surface area contributed by atoms with E-state index in [1.165, 1.54) is 0 Å². The molecule has 0 aromatic rings. The lowest BCUT2D eigenvalue weighted by Gasteiger charge is -2.36. The van der Waals surface area contributed by atoms with Crippen molar-refractivity contribution in [1.29, 1.82) is 0 Å². The van der Waals surface area contributed by atoms with Gasteiger partial charge in [-0.15, -0.1) is 0 Å². The zero-order valence-corrected chi connectivity index (χ0v) is 12.4. The number of aliphatic hydroxyl groups excluding tert-OH is 1. The molecule has 0 aromatic carbocycles. The third-order valence-corrected chi connectivity index (χ3v) is 7.69. The van der Waals surface area contributed by atoms with Gasteiger partial charge in [0.05, 0.1) is 12.7 Å². The third-order valence-electron chi connectivity index (χ3n) is 3.19. The van der Waals surface area contributed by atoms with Crippen molar-refractivity contribution >= 4 is 8.32 Å². The molecular weight excluding hydrogens is 204 g/mol. The molecule has 0 heterocycles.